The van der Waals surface area contributed by atoms with Gasteiger partial charge in [-0.15, -0.1) is 0 Å². The van der Waals surface area contributed by atoms with Gasteiger partial charge in [0.1, 0.15) is 5.82 Å². The van der Waals surface area contributed by atoms with Crippen LogP contribution in [0.3, 0.4) is 0 Å². The maximum atomic E-state index is 13.7. The first-order valence-electron chi connectivity index (χ1n) is 11.2. The van der Waals surface area contributed by atoms with Crippen molar-refractivity contribution in [2.45, 2.75) is 28.0 Å². The number of sulfonamides is 1. The van der Waals surface area contributed by atoms with E-state index < -0.39 is 10.0 Å². The summed E-state index contributed by atoms with van der Waals surface area (Å²) in [5, 5.41) is 9.97. The fraction of sp³-hybridized carbons (Fsp3) is 0.231. The van der Waals surface area contributed by atoms with E-state index in [1.165, 1.54) is 34.3 Å². The van der Waals surface area contributed by atoms with E-state index in [1.807, 2.05) is 36.1 Å². The van der Waals surface area contributed by atoms with Gasteiger partial charge in [0.25, 0.3) is 0 Å². The minimum Gasteiger partial charge on any atom is -0.363 e. The molecule has 3 aromatic carbocycles. The molecule has 0 spiro atoms. The predicted molar refractivity (Wildman–Crippen MR) is 145 cm³/mol. The Morgan fingerprint density at radius 3 is 2.53 bits per heavy atom. The van der Waals surface area contributed by atoms with Gasteiger partial charge in [-0.2, -0.15) is 9.57 Å². The third-order valence-electron chi connectivity index (χ3n) is 5.77. The molecule has 0 unspecified atom stereocenters. The van der Waals surface area contributed by atoms with Crippen LogP contribution in [0, 0.1) is 24.1 Å². The molecule has 0 amide bonds. The molecule has 0 saturated carbocycles. The van der Waals surface area contributed by atoms with Crippen LogP contribution < -0.4 is 0 Å². The molecular formula is C26H23ClFN3O2S3. The van der Waals surface area contributed by atoms with Crippen LogP contribution in [0.15, 0.2) is 75.4 Å². The minimum atomic E-state index is -3.87. The number of nitriles is 1. The lowest BCUT2D eigenvalue weighted by molar-refractivity contribution is 0.266. The second-order valence-corrected chi connectivity index (χ2v) is 12.4. The maximum absolute atomic E-state index is 13.7. The fourth-order valence-corrected chi connectivity index (χ4v) is 7.65. The van der Waals surface area contributed by atoms with Gasteiger partial charge in [-0.3, -0.25) is 0 Å². The minimum absolute atomic E-state index is 0.0972. The van der Waals surface area contributed by atoms with Gasteiger partial charge in [0.2, 0.25) is 10.0 Å². The van der Waals surface area contributed by atoms with E-state index in [2.05, 4.69) is 0 Å². The SMILES string of the molecule is Cc1cc(Cl)cc(Sc2ccc(C#N)cc2S(=O)(=O)N2CCN(C(=S)Cc3cccc(F)c3)CC2)c1. The van der Waals surface area contributed by atoms with E-state index in [-0.39, 0.29) is 29.4 Å². The highest BCUT2D eigenvalue weighted by atomic mass is 35.5. The Hall–Kier alpha value is -2.48. The third kappa shape index (κ3) is 6.25. The summed E-state index contributed by atoms with van der Waals surface area (Å²) < 4.78 is 42.3. The lowest BCUT2D eigenvalue weighted by Crippen LogP contribution is -2.50. The molecule has 1 heterocycles. The van der Waals surface area contributed by atoms with Crippen LogP contribution in [0.25, 0.3) is 0 Å². The van der Waals surface area contributed by atoms with Crippen LogP contribution >= 0.6 is 35.6 Å². The Morgan fingerprint density at radius 2 is 1.86 bits per heavy atom. The number of piperazine rings is 1. The summed E-state index contributed by atoms with van der Waals surface area (Å²) in [6, 6.07) is 18.6. The quantitative estimate of drug-likeness (QED) is 0.362. The average Bonchev–Trinajstić information content (AvgIpc) is 2.83. The number of thiocarbonyl (C=S) groups is 1. The Kier molecular flexibility index (Phi) is 8.33. The fourth-order valence-electron chi connectivity index (χ4n) is 4.00. The van der Waals surface area contributed by atoms with Gasteiger partial charge in [0, 0.05) is 47.4 Å². The largest absolute Gasteiger partial charge is 0.363 e. The maximum Gasteiger partial charge on any atom is 0.244 e. The van der Waals surface area contributed by atoms with Crippen molar-refractivity contribution in [3.05, 3.63) is 88.2 Å². The average molecular weight is 560 g/mol. The van der Waals surface area contributed by atoms with Gasteiger partial charge in [-0.05, 0) is 66.6 Å². The molecule has 10 heteroatoms. The summed E-state index contributed by atoms with van der Waals surface area (Å²) in [5.41, 5.74) is 2.02. The molecule has 1 aliphatic heterocycles. The zero-order valence-corrected chi connectivity index (χ0v) is 22.7. The lowest BCUT2D eigenvalue weighted by atomic mass is 10.1. The number of rotatable bonds is 6. The predicted octanol–water partition coefficient (Wildman–Crippen LogP) is 5.69. The molecule has 0 atom stereocenters. The Balaban J connectivity index is 1.52. The van der Waals surface area contributed by atoms with Crippen LogP contribution in [0.1, 0.15) is 16.7 Å². The molecule has 0 aliphatic carbocycles. The normalized spacial score (nSPS) is 14.4. The topological polar surface area (TPSA) is 64.4 Å². The monoisotopic (exact) mass is 559 g/mol. The molecule has 4 rings (SSSR count). The first-order chi connectivity index (χ1) is 17.2. The van der Waals surface area contributed by atoms with Gasteiger partial charge in [-0.25, -0.2) is 12.8 Å². The zero-order chi connectivity index (χ0) is 25.9. The van der Waals surface area contributed by atoms with Crippen molar-refractivity contribution in [3.8, 4) is 6.07 Å². The van der Waals surface area contributed by atoms with Gasteiger partial charge in [0.15, 0.2) is 0 Å². The molecule has 36 heavy (non-hydrogen) atoms. The van der Waals surface area contributed by atoms with Crippen molar-refractivity contribution in [2.75, 3.05) is 26.2 Å². The zero-order valence-electron chi connectivity index (χ0n) is 19.4. The van der Waals surface area contributed by atoms with Gasteiger partial charge >= 0.3 is 0 Å². The van der Waals surface area contributed by atoms with E-state index in [9.17, 15) is 18.1 Å². The highest BCUT2D eigenvalue weighted by Crippen LogP contribution is 2.36. The second kappa shape index (κ2) is 11.3. The molecule has 1 saturated heterocycles. The molecule has 0 N–H and O–H groups in total. The third-order valence-corrected chi connectivity index (χ3v) is 9.51. The lowest BCUT2D eigenvalue weighted by Gasteiger charge is -2.35. The van der Waals surface area contributed by atoms with Crippen molar-refractivity contribution in [3.63, 3.8) is 0 Å². The first kappa shape index (κ1) is 26.6. The van der Waals surface area contributed by atoms with Crippen LogP contribution in [0.4, 0.5) is 4.39 Å². The van der Waals surface area contributed by atoms with E-state index in [1.54, 1.807) is 24.3 Å². The number of nitrogens with zero attached hydrogens (tertiary/aromatic N) is 3. The van der Waals surface area contributed by atoms with Crippen molar-refractivity contribution < 1.29 is 12.8 Å². The van der Waals surface area contributed by atoms with Gasteiger partial charge < -0.3 is 4.90 Å². The molecule has 0 bridgehead atoms. The van der Waals surface area contributed by atoms with Crippen molar-refractivity contribution >= 4 is 50.6 Å². The molecule has 0 radical (unpaired) electrons. The highest BCUT2D eigenvalue weighted by Gasteiger charge is 2.31. The molecule has 3 aromatic rings. The van der Waals surface area contributed by atoms with Crippen molar-refractivity contribution in [1.29, 1.82) is 5.26 Å². The number of halogens is 2. The molecular weight excluding hydrogens is 537 g/mol. The van der Waals surface area contributed by atoms with Gasteiger partial charge in [-0.1, -0.05) is 47.7 Å². The Morgan fingerprint density at radius 1 is 1.11 bits per heavy atom. The van der Waals surface area contributed by atoms with Crippen LogP contribution in [0.5, 0.6) is 0 Å². The number of hydrogen-bond acceptors (Lipinski definition) is 5. The summed E-state index contributed by atoms with van der Waals surface area (Å²) in [6.07, 6.45) is 0.421. The highest BCUT2D eigenvalue weighted by molar-refractivity contribution is 8.00. The molecule has 5 nitrogen and oxygen atoms in total. The summed E-state index contributed by atoms with van der Waals surface area (Å²) in [4.78, 5) is 4.05. The molecule has 1 aliphatic rings. The van der Waals surface area contributed by atoms with E-state index in [4.69, 9.17) is 23.8 Å². The Bertz CT molecular complexity index is 1430. The standard InChI is InChI=1S/C26H23ClFN3O2S3/c1-18-11-21(27)16-23(12-18)35-24-6-5-20(17-29)14-25(24)36(32,33)31-9-7-30(8-10-31)26(34)15-19-3-2-4-22(28)13-19/h2-6,11-14,16H,7-10,15H2,1H3. The van der Waals surface area contributed by atoms with E-state index >= 15 is 0 Å². The van der Waals surface area contributed by atoms with Crippen LogP contribution in [-0.4, -0.2) is 48.8 Å². The summed E-state index contributed by atoms with van der Waals surface area (Å²) >= 11 is 13.1. The number of benzene rings is 3. The summed E-state index contributed by atoms with van der Waals surface area (Å²) in [7, 11) is -3.87. The second-order valence-electron chi connectivity index (χ2n) is 8.43. The number of hydrogen-bond donors (Lipinski definition) is 0. The van der Waals surface area contributed by atoms with Gasteiger partial charge in [0.05, 0.1) is 21.5 Å². The van der Waals surface area contributed by atoms with E-state index in [0.29, 0.717) is 34.4 Å². The summed E-state index contributed by atoms with van der Waals surface area (Å²) in [5.74, 6) is -0.313. The Labute approximate surface area is 225 Å². The first-order valence-corrected chi connectivity index (χ1v) is 14.2. The van der Waals surface area contributed by atoms with Crippen LogP contribution in [-0.2, 0) is 16.4 Å². The smallest absolute Gasteiger partial charge is 0.244 e. The van der Waals surface area contributed by atoms with Crippen molar-refractivity contribution in [2.24, 2.45) is 0 Å². The summed E-state index contributed by atoms with van der Waals surface area (Å²) in [6.45, 7) is 3.29. The van der Waals surface area contributed by atoms with E-state index in [0.717, 1.165) is 16.0 Å². The number of aryl methyl sites for hydroxylation is 1. The van der Waals surface area contributed by atoms with Crippen LogP contribution in [0.2, 0.25) is 5.02 Å². The molecule has 1 fully saturated rings. The molecule has 186 valence electrons. The molecule has 0 aromatic heterocycles. The van der Waals surface area contributed by atoms with Crippen molar-refractivity contribution in [1.82, 2.24) is 9.21 Å².